The van der Waals surface area contributed by atoms with Gasteiger partial charge in [-0.25, -0.2) is 17.5 Å². The summed E-state index contributed by atoms with van der Waals surface area (Å²) < 4.78 is 38.7. The second kappa shape index (κ2) is 5.24. The Morgan fingerprint density at radius 2 is 2.12 bits per heavy atom. The number of rotatable bonds is 5. The maximum atomic E-state index is 13.3. The number of hydrogen-bond acceptors (Lipinski definition) is 4. The molecule has 0 amide bonds. The Balaban J connectivity index is 2.98. The largest absolute Gasteiger partial charge is 0.398 e. The molecule has 0 saturated heterocycles. The maximum absolute atomic E-state index is 13.3. The summed E-state index contributed by atoms with van der Waals surface area (Å²) in [5, 5.41) is 8.51. The summed E-state index contributed by atoms with van der Waals surface area (Å²) in [5.74, 6) is -0.892. The fraction of sp³-hybridized carbons (Fsp3) is 0.333. The number of sulfonamides is 1. The Morgan fingerprint density at radius 1 is 1.44 bits per heavy atom. The molecule has 0 aliphatic rings. The van der Waals surface area contributed by atoms with Crippen molar-refractivity contribution in [2.75, 3.05) is 18.9 Å². The van der Waals surface area contributed by atoms with E-state index < -0.39 is 20.7 Å². The van der Waals surface area contributed by atoms with E-state index in [4.69, 9.17) is 10.8 Å². The van der Waals surface area contributed by atoms with Crippen LogP contribution in [0.5, 0.6) is 0 Å². The van der Waals surface area contributed by atoms with Crippen LogP contribution in [0, 0.1) is 5.82 Å². The summed E-state index contributed by atoms with van der Waals surface area (Å²) in [6, 6.07) is 3.66. The molecule has 4 N–H and O–H groups in total. The molecule has 1 rings (SSSR count). The van der Waals surface area contributed by atoms with Gasteiger partial charge in [-0.1, -0.05) is 6.07 Å². The Bertz CT molecular complexity index is 442. The number of nitrogens with two attached hydrogens (primary N) is 1. The topological polar surface area (TPSA) is 92.4 Å². The van der Waals surface area contributed by atoms with Gasteiger partial charge in [0.1, 0.15) is 10.7 Å². The van der Waals surface area contributed by atoms with Crippen molar-refractivity contribution in [2.24, 2.45) is 0 Å². The Hall–Kier alpha value is -1.18. The van der Waals surface area contributed by atoms with E-state index in [0.717, 1.165) is 6.07 Å². The molecular weight excluding hydrogens is 235 g/mol. The number of benzene rings is 1. The zero-order chi connectivity index (χ0) is 12.2. The predicted molar refractivity (Wildman–Crippen MR) is 57.7 cm³/mol. The number of nitrogens with one attached hydrogen (secondary N) is 1. The minimum Gasteiger partial charge on any atom is -0.398 e. The third-order valence-corrected chi connectivity index (χ3v) is 3.45. The number of halogens is 1. The highest BCUT2D eigenvalue weighted by molar-refractivity contribution is 7.89. The minimum atomic E-state index is -3.95. The van der Waals surface area contributed by atoms with Crippen molar-refractivity contribution in [3.05, 3.63) is 24.0 Å². The third kappa shape index (κ3) is 2.91. The lowest BCUT2D eigenvalue weighted by Gasteiger charge is -2.09. The van der Waals surface area contributed by atoms with Crippen LogP contribution in [0.3, 0.4) is 0 Å². The van der Waals surface area contributed by atoms with E-state index in [-0.39, 0.29) is 25.3 Å². The number of aliphatic hydroxyl groups is 1. The third-order valence-electron chi connectivity index (χ3n) is 1.89. The van der Waals surface area contributed by atoms with Gasteiger partial charge in [-0.2, -0.15) is 0 Å². The molecule has 0 aromatic heterocycles. The van der Waals surface area contributed by atoms with Gasteiger partial charge in [-0.05, 0) is 18.6 Å². The van der Waals surface area contributed by atoms with Crippen molar-refractivity contribution < 1.29 is 17.9 Å². The van der Waals surface area contributed by atoms with E-state index >= 15 is 0 Å². The summed E-state index contributed by atoms with van der Waals surface area (Å²) in [7, 11) is -3.95. The first-order valence-corrected chi connectivity index (χ1v) is 6.12. The van der Waals surface area contributed by atoms with E-state index in [9.17, 15) is 12.8 Å². The molecule has 0 bridgehead atoms. The van der Waals surface area contributed by atoms with Gasteiger partial charge < -0.3 is 10.8 Å². The van der Waals surface area contributed by atoms with Crippen LogP contribution < -0.4 is 10.5 Å². The van der Waals surface area contributed by atoms with Crippen LogP contribution in [-0.4, -0.2) is 26.7 Å². The highest BCUT2D eigenvalue weighted by atomic mass is 32.2. The van der Waals surface area contributed by atoms with Crippen LogP contribution >= 0.6 is 0 Å². The van der Waals surface area contributed by atoms with Gasteiger partial charge in [0.05, 0.1) is 5.69 Å². The van der Waals surface area contributed by atoms with Crippen LogP contribution in [0.4, 0.5) is 10.1 Å². The van der Waals surface area contributed by atoms with Gasteiger partial charge in [-0.3, -0.25) is 0 Å². The van der Waals surface area contributed by atoms with Crippen molar-refractivity contribution in [1.82, 2.24) is 4.72 Å². The van der Waals surface area contributed by atoms with Crippen molar-refractivity contribution in [3.8, 4) is 0 Å². The molecule has 0 saturated carbocycles. The lowest BCUT2D eigenvalue weighted by Crippen LogP contribution is -2.27. The van der Waals surface area contributed by atoms with E-state index in [1.54, 1.807) is 0 Å². The van der Waals surface area contributed by atoms with Gasteiger partial charge in [-0.15, -0.1) is 0 Å². The van der Waals surface area contributed by atoms with E-state index in [0.29, 0.717) is 0 Å². The van der Waals surface area contributed by atoms with E-state index in [2.05, 4.69) is 4.72 Å². The molecule has 1 aromatic carbocycles. The Morgan fingerprint density at radius 3 is 2.69 bits per heavy atom. The SMILES string of the molecule is Nc1cccc(F)c1S(=O)(=O)NCCCO. The van der Waals surface area contributed by atoms with Gasteiger partial charge in [0, 0.05) is 13.2 Å². The summed E-state index contributed by atoms with van der Waals surface area (Å²) >= 11 is 0. The number of hydrogen-bond donors (Lipinski definition) is 3. The molecular formula is C9H13FN2O3S. The second-order valence-electron chi connectivity index (χ2n) is 3.13. The highest BCUT2D eigenvalue weighted by Crippen LogP contribution is 2.20. The zero-order valence-electron chi connectivity index (χ0n) is 8.48. The lowest BCUT2D eigenvalue weighted by molar-refractivity contribution is 0.289. The first-order chi connectivity index (χ1) is 7.49. The first kappa shape index (κ1) is 12.9. The molecule has 16 heavy (non-hydrogen) atoms. The molecule has 0 unspecified atom stereocenters. The van der Waals surface area contributed by atoms with Crippen molar-refractivity contribution in [2.45, 2.75) is 11.3 Å². The quantitative estimate of drug-likeness (QED) is 0.508. The summed E-state index contributed by atoms with van der Waals surface area (Å²) in [4.78, 5) is -0.548. The van der Waals surface area contributed by atoms with Crippen molar-refractivity contribution in [3.63, 3.8) is 0 Å². The fourth-order valence-electron chi connectivity index (χ4n) is 1.17. The van der Waals surface area contributed by atoms with Gasteiger partial charge in [0.25, 0.3) is 0 Å². The van der Waals surface area contributed by atoms with E-state index in [1.165, 1.54) is 12.1 Å². The molecule has 0 atom stereocenters. The molecule has 0 radical (unpaired) electrons. The van der Waals surface area contributed by atoms with Gasteiger partial charge in [0.2, 0.25) is 10.0 Å². The van der Waals surface area contributed by atoms with Gasteiger partial charge in [0.15, 0.2) is 0 Å². The molecule has 0 aliphatic heterocycles. The number of anilines is 1. The van der Waals surface area contributed by atoms with Crippen molar-refractivity contribution in [1.29, 1.82) is 0 Å². The highest BCUT2D eigenvalue weighted by Gasteiger charge is 2.21. The second-order valence-corrected chi connectivity index (χ2v) is 4.84. The summed E-state index contributed by atoms with van der Waals surface area (Å²) in [6.07, 6.45) is 0.258. The average molecular weight is 248 g/mol. The fourth-order valence-corrected chi connectivity index (χ4v) is 2.43. The van der Waals surface area contributed by atoms with Crippen LogP contribution in [0.25, 0.3) is 0 Å². The van der Waals surface area contributed by atoms with E-state index in [1.807, 2.05) is 0 Å². The summed E-state index contributed by atoms with van der Waals surface area (Å²) in [6.45, 7) is -0.109. The monoisotopic (exact) mass is 248 g/mol. The number of nitrogen functional groups attached to an aromatic ring is 1. The smallest absolute Gasteiger partial charge is 0.245 e. The normalized spacial score (nSPS) is 11.6. The average Bonchev–Trinajstić information content (AvgIpc) is 2.17. The Kier molecular flexibility index (Phi) is 4.22. The minimum absolute atomic E-state index is 0.0343. The van der Waals surface area contributed by atoms with Crippen LogP contribution in [-0.2, 0) is 10.0 Å². The predicted octanol–water partition coefficient (Wildman–Crippen LogP) is 0.0686. The molecule has 90 valence electrons. The summed E-state index contributed by atoms with van der Waals surface area (Å²) in [5.41, 5.74) is 5.26. The molecule has 0 fully saturated rings. The molecule has 0 aliphatic carbocycles. The maximum Gasteiger partial charge on any atom is 0.245 e. The molecule has 7 heteroatoms. The zero-order valence-corrected chi connectivity index (χ0v) is 9.30. The van der Waals surface area contributed by atoms with Crippen LogP contribution in [0.1, 0.15) is 6.42 Å². The lowest BCUT2D eigenvalue weighted by atomic mass is 10.3. The van der Waals surface area contributed by atoms with Gasteiger partial charge >= 0.3 is 0 Å². The molecule has 0 heterocycles. The van der Waals surface area contributed by atoms with Crippen LogP contribution in [0.15, 0.2) is 23.1 Å². The van der Waals surface area contributed by atoms with Crippen molar-refractivity contribution >= 4 is 15.7 Å². The number of aliphatic hydroxyl groups excluding tert-OH is 1. The van der Waals surface area contributed by atoms with Crippen LogP contribution in [0.2, 0.25) is 0 Å². The molecule has 5 nitrogen and oxygen atoms in total. The molecule has 0 spiro atoms. The standard InChI is InChI=1S/C9H13FN2O3S/c10-7-3-1-4-8(11)9(7)16(14,15)12-5-2-6-13/h1,3-4,12-13H,2,5-6,11H2. The first-order valence-electron chi connectivity index (χ1n) is 4.63. The molecule has 1 aromatic rings. The Labute approximate surface area is 93.1 Å².